The molecule has 0 unspecified atom stereocenters. The molecule has 8 heteroatoms. The van der Waals surface area contributed by atoms with Crippen LogP contribution in [-0.2, 0) is 12.4 Å². The number of benzene rings is 2. The van der Waals surface area contributed by atoms with E-state index in [-0.39, 0.29) is 4.47 Å². The first-order valence-corrected chi connectivity index (χ1v) is 8.91. The molecule has 0 aliphatic heterocycles. The quantitative estimate of drug-likeness (QED) is 0.317. The summed E-state index contributed by atoms with van der Waals surface area (Å²) in [5.41, 5.74) is 0.325. The highest BCUT2D eigenvalue weighted by atomic mass is 79.9. The number of hydrogen-bond donors (Lipinski definition) is 0. The van der Waals surface area contributed by atoms with Crippen LogP contribution in [0.2, 0.25) is 0 Å². The largest absolute Gasteiger partial charge is 0.417 e. The minimum Gasteiger partial charge on any atom is -0.166 e. The van der Waals surface area contributed by atoms with Gasteiger partial charge in [0.1, 0.15) is 0 Å². The molecule has 0 saturated carbocycles. The summed E-state index contributed by atoms with van der Waals surface area (Å²) in [5.74, 6) is 0. The molecule has 0 radical (unpaired) electrons. The Morgan fingerprint density at radius 3 is 1.38 bits per heavy atom. The molecule has 0 heterocycles. The Kier molecular flexibility index (Phi) is 7.38. The van der Waals surface area contributed by atoms with Crippen molar-refractivity contribution in [2.24, 2.45) is 0 Å². The predicted molar refractivity (Wildman–Crippen MR) is 97.2 cm³/mol. The van der Waals surface area contributed by atoms with Crippen LogP contribution < -0.4 is 0 Å². The van der Waals surface area contributed by atoms with Gasteiger partial charge < -0.3 is 0 Å². The van der Waals surface area contributed by atoms with Crippen molar-refractivity contribution in [2.75, 3.05) is 0 Å². The molecule has 0 bridgehead atoms. The van der Waals surface area contributed by atoms with Crippen LogP contribution >= 0.6 is 31.9 Å². The van der Waals surface area contributed by atoms with Gasteiger partial charge in [-0.25, -0.2) is 0 Å². The number of alkyl halides is 6. The second kappa shape index (κ2) is 8.33. The predicted octanol–water partition coefficient (Wildman–Crippen LogP) is 8.17. The van der Waals surface area contributed by atoms with E-state index >= 15 is 0 Å². The van der Waals surface area contributed by atoms with Crippen molar-refractivity contribution in [1.29, 1.82) is 0 Å². The van der Waals surface area contributed by atoms with Crippen LogP contribution in [0, 0.1) is 27.7 Å². The summed E-state index contributed by atoms with van der Waals surface area (Å²) in [6, 6.07) is 5.71. The Labute approximate surface area is 164 Å². The highest BCUT2D eigenvalue weighted by molar-refractivity contribution is 9.10. The van der Waals surface area contributed by atoms with Crippen LogP contribution in [0.1, 0.15) is 33.4 Å². The molecule has 0 amide bonds. The van der Waals surface area contributed by atoms with E-state index in [1.807, 2.05) is 0 Å². The highest BCUT2D eigenvalue weighted by Gasteiger charge is 2.44. The van der Waals surface area contributed by atoms with Crippen molar-refractivity contribution >= 4 is 31.9 Å². The lowest BCUT2D eigenvalue weighted by atomic mass is 10.0. The third kappa shape index (κ3) is 6.01. The van der Waals surface area contributed by atoms with Crippen LogP contribution in [0.4, 0.5) is 26.3 Å². The lowest BCUT2D eigenvalue weighted by Gasteiger charge is -2.18. The number of hydrogen-bond acceptors (Lipinski definition) is 0. The summed E-state index contributed by atoms with van der Waals surface area (Å²) in [6.45, 7) is 7.40. The molecule has 144 valence electrons. The summed E-state index contributed by atoms with van der Waals surface area (Å²) in [7, 11) is 0. The first-order valence-electron chi connectivity index (χ1n) is 7.32. The summed E-state index contributed by atoms with van der Waals surface area (Å²) >= 11 is 6.19. The Hall–Kier alpha value is -1.02. The highest BCUT2D eigenvalue weighted by Crippen LogP contribution is 2.43. The van der Waals surface area contributed by atoms with E-state index in [0.717, 1.165) is 13.0 Å². The van der Waals surface area contributed by atoms with E-state index < -0.39 is 29.0 Å². The molecule has 0 aliphatic rings. The summed E-state index contributed by atoms with van der Waals surface area (Å²) in [6.07, 6.45) is -10.0. The van der Waals surface area contributed by atoms with E-state index in [1.165, 1.54) is 21.2 Å². The van der Waals surface area contributed by atoms with Crippen molar-refractivity contribution in [3.63, 3.8) is 0 Å². The first-order chi connectivity index (χ1) is 11.6. The Balaban J connectivity index is 0.000000289. The van der Waals surface area contributed by atoms with E-state index in [1.54, 1.807) is 0 Å². The van der Waals surface area contributed by atoms with Crippen LogP contribution in [0.5, 0.6) is 0 Å². The SMILES string of the molecule is Cc1cc(Br)cc(C(F)(F)F)c1C(F)(F)F.Cc1cc(Br)cc(C)c1C. The zero-order chi connectivity index (χ0) is 20.4. The molecule has 0 aromatic heterocycles. The third-order valence-corrected chi connectivity index (χ3v) is 4.70. The van der Waals surface area contributed by atoms with Crippen molar-refractivity contribution < 1.29 is 26.3 Å². The van der Waals surface area contributed by atoms with E-state index in [2.05, 4.69) is 64.8 Å². The molecule has 2 aromatic rings. The van der Waals surface area contributed by atoms with E-state index in [4.69, 9.17) is 0 Å². The Morgan fingerprint density at radius 1 is 0.615 bits per heavy atom. The van der Waals surface area contributed by atoms with Crippen molar-refractivity contribution in [3.05, 3.63) is 66.6 Å². The molecular formula is C18H16Br2F6. The van der Waals surface area contributed by atoms with Gasteiger partial charge in [0.25, 0.3) is 0 Å². The number of rotatable bonds is 0. The summed E-state index contributed by atoms with van der Waals surface area (Å²) in [4.78, 5) is 0. The molecule has 0 aliphatic carbocycles. The van der Waals surface area contributed by atoms with Gasteiger partial charge in [0, 0.05) is 8.95 Å². The maximum atomic E-state index is 12.5. The zero-order valence-electron chi connectivity index (χ0n) is 14.3. The second-order valence-electron chi connectivity index (χ2n) is 5.81. The molecule has 2 rings (SSSR count). The number of halogens is 8. The van der Waals surface area contributed by atoms with Gasteiger partial charge in [-0.2, -0.15) is 26.3 Å². The van der Waals surface area contributed by atoms with Crippen LogP contribution in [0.3, 0.4) is 0 Å². The fourth-order valence-electron chi connectivity index (χ4n) is 2.33. The molecule has 0 spiro atoms. The lowest BCUT2D eigenvalue weighted by molar-refractivity contribution is -0.162. The average molecular weight is 506 g/mol. The van der Waals surface area contributed by atoms with E-state index in [0.29, 0.717) is 6.07 Å². The molecule has 2 aromatic carbocycles. The van der Waals surface area contributed by atoms with Gasteiger partial charge in [-0.1, -0.05) is 31.9 Å². The van der Waals surface area contributed by atoms with Gasteiger partial charge in [0.05, 0.1) is 11.1 Å². The van der Waals surface area contributed by atoms with Gasteiger partial charge in [-0.3, -0.25) is 0 Å². The first kappa shape index (κ1) is 23.0. The lowest BCUT2D eigenvalue weighted by Crippen LogP contribution is -2.18. The molecule has 0 saturated heterocycles. The minimum atomic E-state index is -5.03. The van der Waals surface area contributed by atoms with Gasteiger partial charge >= 0.3 is 12.4 Å². The van der Waals surface area contributed by atoms with Crippen LogP contribution in [-0.4, -0.2) is 0 Å². The molecule has 0 nitrogen and oxygen atoms in total. The van der Waals surface area contributed by atoms with Crippen molar-refractivity contribution in [3.8, 4) is 0 Å². The van der Waals surface area contributed by atoms with Crippen LogP contribution in [0.15, 0.2) is 33.2 Å². The standard InChI is InChI=1S/C9H5BrF6.C9H11Br/c1-4-2-5(10)3-6(8(11,12)13)7(4)9(14,15)16;1-6-4-9(10)5-7(2)8(6)3/h2-3H,1H3;4-5H,1-3H3. The second-order valence-corrected chi connectivity index (χ2v) is 7.64. The topological polar surface area (TPSA) is 0 Å². The van der Waals surface area contributed by atoms with E-state index in [9.17, 15) is 26.3 Å². The Morgan fingerprint density at radius 2 is 1.00 bits per heavy atom. The van der Waals surface area contributed by atoms with Gasteiger partial charge in [0.2, 0.25) is 0 Å². The Bertz CT molecular complexity index is 768. The maximum absolute atomic E-state index is 12.5. The third-order valence-electron chi connectivity index (χ3n) is 3.78. The molecular weight excluding hydrogens is 490 g/mol. The zero-order valence-corrected chi connectivity index (χ0v) is 17.5. The monoisotopic (exact) mass is 504 g/mol. The normalized spacial score (nSPS) is 11.8. The summed E-state index contributed by atoms with van der Waals surface area (Å²) in [5, 5.41) is 0. The van der Waals surface area contributed by atoms with Crippen molar-refractivity contribution in [1.82, 2.24) is 0 Å². The minimum absolute atomic E-state index is 0.0367. The molecule has 0 N–H and O–H groups in total. The maximum Gasteiger partial charge on any atom is 0.417 e. The van der Waals surface area contributed by atoms with Crippen LogP contribution in [0.25, 0.3) is 0 Å². The van der Waals surface area contributed by atoms with Crippen molar-refractivity contribution in [2.45, 2.75) is 40.0 Å². The number of aryl methyl sites for hydroxylation is 3. The van der Waals surface area contributed by atoms with Gasteiger partial charge in [-0.05, 0) is 74.2 Å². The average Bonchev–Trinajstić information content (AvgIpc) is 2.42. The molecule has 0 atom stereocenters. The fourth-order valence-corrected chi connectivity index (χ4v) is 3.58. The van der Waals surface area contributed by atoms with Gasteiger partial charge in [-0.15, -0.1) is 0 Å². The molecule has 26 heavy (non-hydrogen) atoms. The smallest absolute Gasteiger partial charge is 0.166 e. The van der Waals surface area contributed by atoms with Gasteiger partial charge in [0.15, 0.2) is 0 Å². The molecule has 0 fully saturated rings. The fraction of sp³-hybridized carbons (Fsp3) is 0.333. The summed E-state index contributed by atoms with van der Waals surface area (Å²) < 4.78 is 75.8.